The van der Waals surface area contributed by atoms with Crippen molar-refractivity contribution in [3.8, 4) is 0 Å². The minimum absolute atomic E-state index is 0.177. The van der Waals surface area contributed by atoms with Crippen LogP contribution in [0.5, 0.6) is 0 Å². The van der Waals surface area contributed by atoms with Crippen LogP contribution in [-0.4, -0.2) is 34.8 Å². The fourth-order valence-electron chi connectivity index (χ4n) is 3.93. The average Bonchev–Trinajstić information content (AvgIpc) is 3.47. The molecule has 4 rings (SSSR count). The summed E-state index contributed by atoms with van der Waals surface area (Å²) in [5.41, 5.74) is 0.139. The third-order valence-electron chi connectivity index (χ3n) is 5.66. The van der Waals surface area contributed by atoms with Gasteiger partial charge in [-0.2, -0.15) is 0 Å². The molecule has 0 aromatic heterocycles. The Balaban J connectivity index is 1.46. The molecule has 0 radical (unpaired) electrons. The average molecular weight is 365 g/mol. The van der Waals surface area contributed by atoms with E-state index in [2.05, 4.69) is 10.6 Å². The van der Waals surface area contributed by atoms with Gasteiger partial charge in [-0.05, 0) is 48.9 Å². The summed E-state index contributed by atoms with van der Waals surface area (Å²) in [5.74, 6) is -0.474. The molecule has 2 aromatic carbocycles. The molecule has 2 N–H and O–H groups in total. The fraction of sp³-hybridized carbons (Fsp3) is 0.381. The molecule has 2 fully saturated rings. The molecule has 1 aliphatic heterocycles. The third kappa shape index (κ3) is 3.05. The van der Waals surface area contributed by atoms with E-state index in [0.29, 0.717) is 0 Å². The Kier molecular flexibility index (Phi) is 4.13. The van der Waals surface area contributed by atoms with Crippen LogP contribution >= 0.6 is 0 Å². The van der Waals surface area contributed by atoms with Crippen molar-refractivity contribution >= 4 is 28.6 Å². The van der Waals surface area contributed by atoms with E-state index in [1.54, 1.807) is 6.92 Å². The molecule has 4 amide bonds. The third-order valence-corrected chi connectivity index (χ3v) is 5.66. The van der Waals surface area contributed by atoms with Crippen LogP contribution in [0.1, 0.15) is 38.3 Å². The molecule has 1 aliphatic carbocycles. The number of carbonyl (C=O) groups excluding carboxylic acids is 3. The van der Waals surface area contributed by atoms with Gasteiger partial charge in [-0.15, -0.1) is 0 Å². The van der Waals surface area contributed by atoms with Gasteiger partial charge in [0.05, 0.1) is 6.04 Å². The molecule has 0 bridgehead atoms. The Morgan fingerprint density at radius 1 is 1.22 bits per heavy atom. The zero-order valence-electron chi connectivity index (χ0n) is 15.5. The van der Waals surface area contributed by atoms with E-state index in [9.17, 15) is 14.4 Å². The van der Waals surface area contributed by atoms with E-state index < -0.39 is 11.6 Å². The summed E-state index contributed by atoms with van der Waals surface area (Å²) in [6, 6.07) is 13.2. The second-order valence-electron chi connectivity index (χ2n) is 7.66. The van der Waals surface area contributed by atoms with E-state index in [4.69, 9.17) is 0 Å². The number of rotatable bonds is 5. The first-order valence-electron chi connectivity index (χ1n) is 9.31. The quantitative estimate of drug-likeness (QED) is 0.800. The fourth-order valence-corrected chi connectivity index (χ4v) is 3.93. The van der Waals surface area contributed by atoms with Crippen LogP contribution in [0.25, 0.3) is 10.8 Å². The lowest BCUT2D eigenvalue weighted by molar-refractivity contribution is -0.135. The number of imide groups is 1. The minimum atomic E-state index is -0.862. The van der Waals surface area contributed by atoms with E-state index >= 15 is 0 Å². The maximum atomic E-state index is 12.6. The highest BCUT2D eigenvalue weighted by Gasteiger charge is 2.56. The number of urea groups is 1. The molecule has 1 saturated heterocycles. The summed E-state index contributed by atoms with van der Waals surface area (Å²) in [6.07, 6.45) is 1.86. The normalized spacial score (nSPS) is 23.4. The van der Waals surface area contributed by atoms with Crippen molar-refractivity contribution in [3.63, 3.8) is 0 Å². The molecule has 2 aliphatic rings. The maximum Gasteiger partial charge on any atom is 0.325 e. The second-order valence-corrected chi connectivity index (χ2v) is 7.66. The monoisotopic (exact) mass is 365 g/mol. The number of nitrogens with one attached hydrogen (secondary N) is 2. The summed E-state index contributed by atoms with van der Waals surface area (Å²) < 4.78 is 0. The van der Waals surface area contributed by atoms with Crippen molar-refractivity contribution in [1.82, 2.24) is 15.5 Å². The molecule has 27 heavy (non-hydrogen) atoms. The molecular formula is C21H23N3O3. The van der Waals surface area contributed by atoms with Crippen LogP contribution in [-0.2, 0) is 9.59 Å². The predicted octanol–water partition coefficient (Wildman–Crippen LogP) is 2.74. The first-order chi connectivity index (χ1) is 12.9. The molecule has 0 unspecified atom stereocenters. The molecule has 0 spiro atoms. The van der Waals surface area contributed by atoms with Crippen molar-refractivity contribution in [2.45, 2.75) is 38.3 Å². The van der Waals surface area contributed by atoms with Gasteiger partial charge in [-0.3, -0.25) is 14.5 Å². The SMILES string of the molecule is C[C@@H](NC(=O)CN1C(=O)N[C@](C)(C2CC2)C1=O)c1cccc2ccccc12. The number of carbonyl (C=O) groups is 3. The molecule has 6 heteroatoms. The lowest BCUT2D eigenvalue weighted by Gasteiger charge is -2.21. The van der Waals surface area contributed by atoms with Crippen LogP contribution in [0.2, 0.25) is 0 Å². The van der Waals surface area contributed by atoms with Gasteiger partial charge in [0.25, 0.3) is 5.91 Å². The summed E-state index contributed by atoms with van der Waals surface area (Å²) in [7, 11) is 0. The largest absolute Gasteiger partial charge is 0.348 e. The Morgan fingerprint density at radius 2 is 1.93 bits per heavy atom. The molecule has 1 heterocycles. The maximum absolute atomic E-state index is 12.6. The highest BCUT2D eigenvalue weighted by Crippen LogP contribution is 2.42. The molecule has 6 nitrogen and oxygen atoms in total. The Labute approximate surface area is 157 Å². The van der Waals surface area contributed by atoms with Gasteiger partial charge >= 0.3 is 6.03 Å². The van der Waals surface area contributed by atoms with Gasteiger partial charge < -0.3 is 10.6 Å². The molecule has 2 atom stereocenters. The van der Waals surface area contributed by atoms with E-state index in [1.165, 1.54) is 0 Å². The standard InChI is InChI=1S/C21H23N3O3/c1-13(16-9-5-7-14-6-3-4-8-17(14)16)22-18(25)12-24-19(26)21(2,15-10-11-15)23-20(24)27/h3-9,13,15H,10-12H2,1-2H3,(H,22,25)(H,23,27)/t13-,21-/m1/s1. The summed E-state index contributed by atoms with van der Waals surface area (Å²) in [4.78, 5) is 38.4. The lowest BCUT2D eigenvalue weighted by Crippen LogP contribution is -2.47. The van der Waals surface area contributed by atoms with Crippen molar-refractivity contribution in [2.24, 2.45) is 5.92 Å². The minimum Gasteiger partial charge on any atom is -0.348 e. The van der Waals surface area contributed by atoms with Crippen molar-refractivity contribution in [1.29, 1.82) is 0 Å². The number of hydrogen-bond donors (Lipinski definition) is 2. The van der Waals surface area contributed by atoms with Crippen LogP contribution in [0.3, 0.4) is 0 Å². The zero-order chi connectivity index (χ0) is 19.2. The molecule has 2 aromatic rings. The second kappa shape index (κ2) is 6.37. The van der Waals surface area contributed by atoms with E-state index in [1.807, 2.05) is 49.4 Å². The van der Waals surface area contributed by atoms with Crippen LogP contribution < -0.4 is 10.6 Å². The van der Waals surface area contributed by atoms with Crippen molar-refractivity contribution < 1.29 is 14.4 Å². The highest BCUT2D eigenvalue weighted by atomic mass is 16.2. The van der Waals surface area contributed by atoms with Gasteiger partial charge in [-0.25, -0.2) is 4.79 Å². The van der Waals surface area contributed by atoms with Crippen molar-refractivity contribution in [3.05, 3.63) is 48.0 Å². The van der Waals surface area contributed by atoms with Gasteiger partial charge in [0, 0.05) is 0 Å². The summed E-state index contributed by atoms with van der Waals surface area (Å²) in [6.45, 7) is 3.39. The lowest BCUT2D eigenvalue weighted by atomic mass is 9.96. The first-order valence-corrected chi connectivity index (χ1v) is 9.31. The van der Waals surface area contributed by atoms with Gasteiger partial charge in [0.15, 0.2) is 0 Å². The zero-order valence-corrected chi connectivity index (χ0v) is 15.5. The highest BCUT2D eigenvalue weighted by molar-refractivity contribution is 6.09. The summed E-state index contributed by atoms with van der Waals surface area (Å²) in [5, 5.41) is 7.86. The number of nitrogens with zero attached hydrogens (tertiary/aromatic N) is 1. The topological polar surface area (TPSA) is 78.5 Å². The Hall–Kier alpha value is -2.89. The van der Waals surface area contributed by atoms with Gasteiger partial charge in [0.1, 0.15) is 12.1 Å². The molecule has 1 saturated carbocycles. The number of benzene rings is 2. The molecular weight excluding hydrogens is 342 g/mol. The van der Waals surface area contributed by atoms with Crippen LogP contribution in [0.15, 0.2) is 42.5 Å². The molecule has 140 valence electrons. The van der Waals surface area contributed by atoms with Gasteiger partial charge in [-0.1, -0.05) is 42.5 Å². The number of amides is 4. The van der Waals surface area contributed by atoms with Crippen LogP contribution in [0, 0.1) is 5.92 Å². The van der Waals surface area contributed by atoms with E-state index in [-0.39, 0.29) is 30.3 Å². The summed E-state index contributed by atoms with van der Waals surface area (Å²) >= 11 is 0. The van der Waals surface area contributed by atoms with E-state index in [0.717, 1.165) is 34.1 Å². The number of fused-ring (bicyclic) bond motifs is 1. The van der Waals surface area contributed by atoms with Crippen molar-refractivity contribution in [2.75, 3.05) is 6.54 Å². The van der Waals surface area contributed by atoms with Crippen LogP contribution in [0.4, 0.5) is 4.79 Å². The Bertz CT molecular complexity index is 932. The smallest absolute Gasteiger partial charge is 0.325 e. The predicted molar refractivity (Wildman–Crippen MR) is 102 cm³/mol. The number of hydrogen-bond acceptors (Lipinski definition) is 3. The Morgan fingerprint density at radius 3 is 2.67 bits per heavy atom. The van der Waals surface area contributed by atoms with Gasteiger partial charge in [0.2, 0.25) is 5.91 Å². The first kappa shape index (κ1) is 17.5.